The van der Waals surface area contributed by atoms with Gasteiger partial charge in [0.25, 0.3) is 0 Å². The molecule has 1 atom stereocenters. The largest absolute Gasteiger partial charge is 0.356 e. The first kappa shape index (κ1) is 17.8. The molecule has 0 amide bonds. The topological polar surface area (TPSA) is 85.8 Å². The van der Waals surface area contributed by atoms with E-state index in [0.29, 0.717) is 10.8 Å². The zero-order chi connectivity index (χ0) is 19.8. The predicted molar refractivity (Wildman–Crippen MR) is 108 cm³/mol. The molecule has 9 heteroatoms. The van der Waals surface area contributed by atoms with Gasteiger partial charge in [-0.15, -0.1) is 10.2 Å². The molecule has 29 heavy (non-hydrogen) atoms. The van der Waals surface area contributed by atoms with Gasteiger partial charge in [-0.05, 0) is 31.0 Å². The molecule has 1 saturated heterocycles. The minimum atomic E-state index is 0.0815. The molecular formula is C20H18ClN7O. The van der Waals surface area contributed by atoms with Crippen molar-refractivity contribution in [2.24, 2.45) is 7.05 Å². The van der Waals surface area contributed by atoms with Gasteiger partial charge in [-0.2, -0.15) is 10.2 Å². The quantitative estimate of drug-likeness (QED) is 0.506. The highest BCUT2D eigenvalue weighted by Crippen LogP contribution is 2.37. The Morgan fingerprint density at radius 1 is 1.10 bits per heavy atom. The standard InChI is InChI=1S/C20H18ClN7O/c1-27-19(14-7-8-22-23-12-14)24-25-20(27)28-9-3-6-17(28)16-11-18(29-26-16)13-4-2-5-15(21)10-13/h2,4-5,7-8,10-12,17H,3,6,9H2,1H3/t17-/m1/s1. The number of hydrogen-bond donors (Lipinski definition) is 0. The fourth-order valence-corrected chi connectivity index (χ4v) is 3.97. The zero-order valence-corrected chi connectivity index (χ0v) is 16.5. The van der Waals surface area contributed by atoms with Crippen molar-refractivity contribution in [3.63, 3.8) is 0 Å². The number of aromatic nitrogens is 6. The second kappa shape index (κ2) is 7.29. The van der Waals surface area contributed by atoms with Gasteiger partial charge in [0.2, 0.25) is 5.95 Å². The minimum absolute atomic E-state index is 0.0815. The van der Waals surface area contributed by atoms with E-state index in [1.807, 2.05) is 48.0 Å². The lowest BCUT2D eigenvalue weighted by Gasteiger charge is -2.23. The van der Waals surface area contributed by atoms with Crippen LogP contribution in [0.1, 0.15) is 24.6 Å². The highest BCUT2D eigenvalue weighted by Gasteiger charge is 2.32. The molecule has 0 N–H and O–H groups in total. The summed E-state index contributed by atoms with van der Waals surface area (Å²) in [4.78, 5) is 2.23. The third-order valence-electron chi connectivity index (χ3n) is 5.18. The third kappa shape index (κ3) is 3.25. The van der Waals surface area contributed by atoms with Crippen LogP contribution in [0.25, 0.3) is 22.7 Å². The highest BCUT2D eigenvalue weighted by molar-refractivity contribution is 6.30. The van der Waals surface area contributed by atoms with E-state index in [1.165, 1.54) is 0 Å². The van der Waals surface area contributed by atoms with E-state index in [-0.39, 0.29) is 6.04 Å². The second-order valence-corrected chi connectivity index (χ2v) is 7.43. The molecule has 0 bridgehead atoms. The fourth-order valence-electron chi connectivity index (χ4n) is 3.78. The van der Waals surface area contributed by atoms with Crippen molar-refractivity contribution in [2.45, 2.75) is 18.9 Å². The monoisotopic (exact) mass is 407 g/mol. The Morgan fingerprint density at radius 2 is 2.03 bits per heavy atom. The Kier molecular flexibility index (Phi) is 4.48. The van der Waals surface area contributed by atoms with Gasteiger partial charge in [0.15, 0.2) is 11.6 Å². The summed E-state index contributed by atoms with van der Waals surface area (Å²) < 4.78 is 7.59. The molecule has 3 aromatic heterocycles. The minimum Gasteiger partial charge on any atom is -0.356 e. The number of benzene rings is 1. The van der Waals surface area contributed by atoms with E-state index in [9.17, 15) is 0 Å². The van der Waals surface area contributed by atoms with Crippen LogP contribution in [0.15, 0.2) is 53.3 Å². The van der Waals surface area contributed by atoms with E-state index >= 15 is 0 Å². The van der Waals surface area contributed by atoms with Gasteiger partial charge in [-0.3, -0.25) is 4.57 Å². The molecule has 0 aliphatic carbocycles. The zero-order valence-electron chi connectivity index (χ0n) is 15.7. The number of nitrogens with zero attached hydrogens (tertiary/aromatic N) is 7. The average Bonchev–Trinajstić information content (AvgIpc) is 3.47. The highest BCUT2D eigenvalue weighted by atomic mass is 35.5. The lowest BCUT2D eigenvalue weighted by Crippen LogP contribution is -2.25. The molecule has 8 nitrogen and oxygen atoms in total. The van der Waals surface area contributed by atoms with Gasteiger partial charge in [-0.25, -0.2) is 0 Å². The van der Waals surface area contributed by atoms with Gasteiger partial charge in [0, 0.05) is 35.8 Å². The van der Waals surface area contributed by atoms with Gasteiger partial charge >= 0.3 is 0 Å². The van der Waals surface area contributed by atoms with Crippen molar-refractivity contribution >= 4 is 17.5 Å². The number of anilines is 1. The number of halogens is 1. The fraction of sp³-hybridized carbons (Fsp3) is 0.250. The van der Waals surface area contributed by atoms with Crippen LogP contribution >= 0.6 is 11.6 Å². The Balaban J connectivity index is 1.45. The molecule has 4 aromatic rings. The predicted octanol–water partition coefficient (Wildman–Crippen LogP) is 3.92. The Bertz CT molecular complexity index is 1140. The van der Waals surface area contributed by atoms with Crippen LogP contribution in [0.5, 0.6) is 0 Å². The van der Waals surface area contributed by atoms with Crippen molar-refractivity contribution < 1.29 is 4.52 Å². The summed E-state index contributed by atoms with van der Waals surface area (Å²) >= 11 is 6.11. The molecule has 1 aromatic carbocycles. The van der Waals surface area contributed by atoms with Crippen LogP contribution in [0.4, 0.5) is 5.95 Å². The molecular weight excluding hydrogens is 390 g/mol. The third-order valence-corrected chi connectivity index (χ3v) is 5.42. The SMILES string of the molecule is Cn1c(-c2ccnnc2)nnc1N1CCC[C@@H]1c1cc(-c2cccc(Cl)c2)on1. The van der Waals surface area contributed by atoms with E-state index in [0.717, 1.165) is 48.0 Å². The Morgan fingerprint density at radius 3 is 2.86 bits per heavy atom. The summed E-state index contributed by atoms with van der Waals surface area (Å²) in [6.45, 7) is 0.880. The van der Waals surface area contributed by atoms with Crippen molar-refractivity contribution in [1.29, 1.82) is 0 Å². The Labute approximate surface area is 172 Å². The van der Waals surface area contributed by atoms with Crippen LogP contribution in [0.2, 0.25) is 5.02 Å². The maximum absolute atomic E-state index is 6.11. The summed E-state index contributed by atoms with van der Waals surface area (Å²) in [5.74, 6) is 2.25. The number of rotatable bonds is 4. The van der Waals surface area contributed by atoms with Crippen LogP contribution in [0.3, 0.4) is 0 Å². The van der Waals surface area contributed by atoms with Gasteiger partial charge < -0.3 is 9.42 Å². The van der Waals surface area contributed by atoms with Crippen LogP contribution in [-0.4, -0.2) is 36.7 Å². The van der Waals surface area contributed by atoms with Crippen molar-refractivity contribution in [1.82, 2.24) is 30.1 Å². The van der Waals surface area contributed by atoms with Gasteiger partial charge in [0.1, 0.15) is 5.69 Å². The maximum atomic E-state index is 6.11. The smallest absolute Gasteiger partial charge is 0.227 e. The van der Waals surface area contributed by atoms with Crippen LogP contribution < -0.4 is 4.90 Å². The summed E-state index contributed by atoms with van der Waals surface area (Å²) in [6, 6.07) is 11.5. The molecule has 0 unspecified atom stereocenters. The van der Waals surface area contributed by atoms with Crippen LogP contribution in [-0.2, 0) is 7.05 Å². The normalized spacial score (nSPS) is 16.5. The van der Waals surface area contributed by atoms with Crippen LogP contribution in [0, 0.1) is 0 Å². The molecule has 0 spiro atoms. The molecule has 0 radical (unpaired) electrons. The Hall–Kier alpha value is -3.26. The average molecular weight is 408 g/mol. The van der Waals surface area contributed by atoms with Crippen molar-refractivity contribution in [3.05, 3.63) is 59.5 Å². The lowest BCUT2D eigenvalue weighted by atomic mass is 10.1. The first-order chi connectivity index (χ1) is 14.2. The van der Waals surface area contributed by atoms with E-state index in [2.05, 4.69) is 30.5 Å². The van der Waals surface area contributed by atoms with Gasteiger partial charge in [0.05, 0.1) is 18.4 Å². The summed E-state index contributed by atoms with van der Waals surface area (Å²) in [5.41, 5.74) is 2.67. The van der Waals surface area contributed by atoms with Crippen molar-refractivity contribution in [3.8, 4) is 22.7 Å². The van der Waals surface area contributed by atoms with E-state index in [1.54, 1.807) is 12.4 Å². The van der Waals surface area contributed by atoms with Gasteiger partial charge in [-0.1, -0.05) is 28.9 Å². The molecule has 1 aliphatic rings. The summed E-state index contributed by atoms with van der Waals surface area (Å²) in [6.07, 6.45) is 5.35. The molecule has 1 aliphatic heterocycles. The van der Waals surface area contributed by atoms with E-state index in [4.69, 9.17) is 16.1 Å². The number of hydrogen-bond acceptors (Lipinski definition) is 7. The summed E-state index contributed by atoms with van der Waals surface area (Å²) in [7, 11) is 1.96. The first-order valence-corrected chi connectivity index (χ1v) is 9.74. The summed E-state index contributed by atoms with van der Waals surface area (Å²) in [5, 5.41) is 21.6. The molecule has 0 saturated carbocycles. The van der Waals surface area contributed by atoms with E-state index < -0.39 is 0 Å². The lowest BCUT2D eigenvalue weighted by molar-refractivity contribution is 0.416. The second-order valence-electron chi connectivity index (χ2n) is 6.99. The molecule has 1 fully saturated rings. The maximum Gasteiger partial charge on any atom is 0.227 e. The molecule has 146 valence electrons. The first-order valence-electron chi connectivity index (χ1n) is 9.36. The molecule has 4 heterocycles. The van der Waals surface area contributed by atoms with Crippen molar-refractivity contribution in [2.75, 3.05) is 11.4 Å². The molecule has 5 rings (SSSR count).